The first-order valence-corrected chi connectivity index (χ1v) is 6.35. The van der Waals surface area contributed by atoms with Gasteiger partial charge in [-0.15, -0.1) is 0 Å². The summed E-state index contributed by atoms with van der Waals surface area (Å²) in [6.07, 6.45) is 7.13. The van der Waals surface area contributed by atoms with Crippen molar-refractivity contribution in [2.75, 3.05) is 0 Å². The summed E-state index contributed by atoms with van der Waals surface area (Å²) >= 11 is 0. The third-order valence-corrected chi connectivity index (χ3v) is 3.54. The Morgan fingerprint density at radius 2 is 1.60 bits per heavy atom. The predicted molar refractivity (Wildman–Crippen MR) is 88.4 cm³/mol. The molecule has 2 nitrogen and oxygen atoms in total. The first kappa shape index (κ1) is 12.3. The maximum atomic E-state index is 5.80. The van der Waals surface area contributed by atoms with Crippen LogP contribution in [0, 0.1) is 0 Å². The highest BCUT2D eigenvalue weighted by molar-refractivity contribution is 6.04. The standard InChI is InChI=1S/C18H15NO/c1-5-11-13-9-14-12(6-2)17(8-4)20-18(14)10-16(13)19-15(11)7-3/h5-10,19H,1-4H2. The van der Waals surface area contributed by atoms with E-state index < -0.39 is 0 Å². The average Bonchev–Trinajstić information content (AvgIpc) is 3.00. The van der Waals surface area contributed by atoms with Gasteiger partial charge in [-0.3, -0.25) is 0 Å². The van der Waals surface area contributed by atoms with Gasteiger partial charge in [0.15, 0.2) is 0 Å². The van der Waals surface area contributed by atoms with E-state index in [0.717, 1.165) is 44.5 Å². The maximum absolute atomic E-state index is 5.80. The lowest BCUT2D eigenvalue weighted by molar-refractivity contribution is 0.604. The molecule has 0 spiro atoms. The van der Waals surface area contributed by atoms with Gasteiger partial charge >= 0.3 is 0 Å². The molecule has 1 N–H and O–H groups in total. The molecular weight excluding hydrogens is 246 g/mol. The zero-order valence-electron chi connectivity index (χ0n) is 11.2. The van der Waals surface area contributed by atoms with Crippen LogP contribution in [-0.4, -0.2) is 4.98 Å². The second-order valence-electron chi connectivity index (χ2n) is 4.54. The van der Waals surface area contributed by atoms with Crippen LogP contribution in [0.25, 0.3) is 46.2 Å². The molecule has 1 aromatic carbocycles. The van der Waals surface area contributed by atoms with Crippen molar-refractivity contribution in [3.8, 4) is 0 Å². The molecule has 2 heterocycles. The molecule has 0 radical (unpaired) electrons. The number of H-pyrrole nitrogens is 1. The van der Waals surface area contributed by atoms with E-state index in [0.29, 0.717) is 0 Å². The minimum absolute atomic E-state index is 0.742. The molecule has 20 heavy (non-hydrogen) atoms. The second-order valence-corrected chi connectivity index (χ2v) is 4.54. The van der Waals surface area contributed by atoms with Crippen LogP contribution in [0.2, 0.25) is 0 Å². The summed E-state index contributed by atoms with van der Waals surface area (Å²) in [5.74, 6) is 0.742. The number of rotatable bonds is 4. The number of aromatic amines is 1. The van der Waals surface area contributed by atoms with Crippen molar-refractivity contribution in [1.29, 1.82) is 0 Å². The van der Waals surface area contributed by atoms with Gasteiger partial charge in [0.25, 0.3) is 0 Å². The van der Waals surface area contributed by atoms with Gasteiger partial charge in [-0.2, -0.15) is 0 Å². The molecule has 2 aromatic heterocycles. The highest BCUT2D eigenvalue weighted by Gasteiger charge is 2.14. The maximum Gasteiger partial charge on any atom is 0.137 e. The molecular formula is C18H15NO. The Balaban J connectivity index is 2.48. The zero-order chi connectivity index (χ0) is 14.3. The van der Waals surface area contributed by atoms with Gasteiger partial charge in [-0.1, -0.05) is 38.5 Å². The molecule has 98 valence electrons. The number of aromatic nitrogens is 1. The molecule has 0 fully saturated rings. The smallest absolute Gasteiger partial charge is 0.137 e. The molecule has 0 aliphatic heterocycles. The molecule has 0 unspecified atom stereocenters. The minimum atomic E-state index is 0.742. The highest BCUT2D eigenvalue weighted by atomic mass is 16.3. The predicted octanol–water partition coefficient (Wildman–Crippen LogP) is 5.49. The Labute approximate surface area is 117 Å². The van der Waals surface area contributed by atoms with Gasteiger partial charge < -0.3 is 9.40 Å². The topological polar surface area (TPSA) is 28.9 Å². The Hall–Kier alpha value is -2.74. The van der Waals surface area contributed by atoms with E-state index >= 15 is 0 Å². The normalized spacial score (nSPS) is 10.8. The molecule has 0 atom stereocenters. The van der Waals surface area contributed by atoms with Crippen LogP contribution in [0.3, 0.4) is 0 Å². The zero-order valence-corrected chi connectivity index (χ0v) is 11.2. The number of fused-ring (bicyclic) bond motifs is 2. The number of hydrogen-bond donors (Lipinski definition) is 1. The molecule has 0 bridgehead atoms. The van der Waals surface area contributed by atoms with E-state index in [1.54, 1.807) is 18.2 Å². The highest BCUT2D eigenvalue weighted by Crippen LogP contribution is 2.34. The number of furan rings is 1. The first-order chi connectivity index (χ1) is 9.73. The fourth-order valence-corrected chi connectivity index (χ4v) is 2.61. The molecule has 2 heteroatoms. The van der Waals surface area contributed by atoms with Crippen LogP contribution in [0.5, 0.6) is 0 Å². The van der Waals surface area contributed by atoms with Gasteiger partial charge in [-0.25, -0.2) is 0 Å². The Morgan fingerprint density at radius 3 is 2.20 bits per heavy atom. The van der Waals surface area contributed by atoms with E-state index in [4.69, 9.17) is 4.42 Å². The quantitative estimate of drug-likeness (QED) is 0.661. The van der Waals surface area contributed by atoms with Crippen LogP contribution in [0.15, 0.2) is 42.9 Å². The largest absolute Gasteiger partial charge is 0.456 e. The number of benzene rings is 1. The van der Waals surface area contributed by atoms with Crippen molar-refractivity contribution in [2.45, 2.75) is 0 Å². The van der Waals surface area contributed by atoms with E-state index in [1.807, 2.05) is 12.1 Å². The van der Waals surface area contributed by atoms with Crippen molar-refractivity contribution < 1.29 is 4.42 Å². The van der Waals surface area contributed by atoms with Crippen molar-refractivity contribution >= 4 is 46.2 Å². The van der Waals surface area contributed by atoms with E-state index in [1.165, 1.54) is 0 Å². The molecule has 0 aliphatic rings. The number of hydrogen-bond acceptors (Lipinski definition) is 1. The SMILES string of the molecule is C=Cc1[nH]c2cc3oc(C=C)c(C=C)c3cc2c1C=C. The van der Waals surface area contributed by atoms with Gasteiger partial charge in [0.05, 0.1) is 5.52 Å². The van der Waals surface area contributed by atoms with Crippen LogP contribution < -0.4 is 0 Å². The molecule has 0 aliphatic carbocycles. The summed E-state index contributed by atoms with van der Waals surface area (Å²) < 4.78 is 5.80. The fraction of sp³-hybridized carbons (Fsp3) is 0. The van der Waals surface area contributed by atoms with Gasteiger partial charge in [0, 0.05) is 33.7 Å². The van der Waals surface area contributed by atoms with Crippen LogP contribution in [0.4, 0.5) is 0 Å². The van der Waals surface area contributed by atoms with Crippen LogP contribution in [0.1, 0.15) is 22.6 Å². The van der Waals surface area contributed by atoms with Crippen molar-refractivity contribution in [3.05, 3.63) is 61.0 Å². The second kappa shape index (κ2) is 4.42. The summed E-state index contributed by atoms with van der Waals surface area (Å²) in [6, 6.07) is 4.09. The van der Waals surface area contributed by atoms with E-state index in [-0.39, 0.29) is 0 Å². The van der Waals surface area contributed by atoms with Crippen molar-refractivity contribution in [2.24, 2.45) is 0 Å². The Kier molecular flexibility index (Phi) is 2.72. The summed E-state index contributed by atoms with van der Waals surface area (Å²) in [5.41, 5.74) is 4.80. The van der Waals surface area contributed by atoms with E-state index in [9.17, 15) is 0 Å². The van der Waals surface area contributed by atoms with Gasteiger partial charge in [0.1, 0.15) is 11.3 Å². The molecule has 3 aromatic rings. The minimum Gasteiger partial charge on any atom is -0.456 e. The Morgan fingerprint density at radius 1 is 0.850 bits per heavy atom. The molecule has 0 saturated heterocycles. The summed E-state index contributed by atoms with van der Waals surface area (Å²) in [7, 11) is 0. The third-order valence-electron chi connectivity index (χ3n) is 3.54. The van der Waals surface area contributed by atoms with Gasteiger partial charge in [0.2, 0.25) is 0 Å². The lowest BCUT2D eigenvalue weighted by Gasteiger charge is -1.94. The monoisotopic (exact) mass is 261 g/mol. The van der Waals surface area contributed by atoms with Crippen LogP contribution in [-0.2, 0) is 0 Å². The van der Waals surface area contributed by atoms with Crippen LogP contribution >= 0.6 is 0 Å². The Bertz CT molecular complexity index is 804. The summed E-state index contributed by atoms with van der Waals surface area (Å²) in [5, 5.41) is 2.13. The van der Waals surface area contributed by atoms with Crippen molar-refractivity contribution in [3.63, 3.8) is 0 Å². The lowest BCUT2D eigenvalue weighted by atomic mass is 10.1. The third kappa shape index (κ3) is 1.51. The molecule has 0 amide bonds. The molecule has 3 rings (SSSR count). The first-order valence-electron chi connectivity index (χ1n) is 6.35. The average molecular weight is 261 g/mol. The van der Waals surface area contributed by atoms with Gasteiger partial charge in [-0.05, 0) is 18.2 Å². The summed E-state index contributed by atoms with van der Waals surface area (Å²) in [4.78, 5) is 3.32. The summed E-state index contributed by atoms with van der Waals surface area (Å²) in [6.45, 7) is 15.3. The van der Waals surface area contributed by atoms with E-state index in [2.05, 4.69) is 37.4 Å². The lowest BCUT2D eigenvalue weighted by Crippen LogP contribution is -1.74. The molecule has 0 saturated carbocycles. The van der Waals surface area contributed by atoms with Crippen molar-refractivity contribution in [1.82, 2.24) is 4.98 Å². The number of nitrogens with one attached hydrogen (secondary N) is 1. The fourth-order valence-electron chi connectivity index (χ4n) is 2.61.